The van der Waals surface area contributed by atoms with Crippen LogP contribution in [0, 0.1) is 10.1 Å². The molecule has 8 heteroatoms. The Morgan fingerprint density at radius 3 is 2.52 bits per heavy atom. The molecule has 118 valence electrons. The fraction of sp³-hybridized carbons (Fsp3) is 0.0667. The van der Waals surface area contributed by atoms with Crippen LogP contribution in [-0.4, -0.2) is 18.3 Å². The van der Waals surface area contributed by atoms with E-state index in [2.05, 4.69) is 9.71 Å². The molecule has 0 fully saturated rings. The normalized spacial score (nSPS) is 11.7. The fourth-order valence-corrected chi connectivity index (χ4v) is 3.24. The third-order valence-electron chi connectivity index (χ3n) is 3.44. The Kier molecular flexibility index (Phi) is 3.85. The standard InChI is InChI=1S/C15H13N3O4S/c19-18(20)13-2-4-14(5-3-13)23(21,22)17-10-11-1-6-15-12(9-11)7-8-16-15/h1-9,16-17H,10H2. The minimum atomic E-state index is -3.72. The second-order valence-corrected chi connectivity index (χ2v) is 6.74. The number of non-ortho nitro benzene ring substituents is 1. The first-order chi connectivity index (χ1) is 11.0. The molecule has 1 heterocycles. The molecule has 7 nitrogen and oxygen atoms in total. The largest absolute Gasteiger partial charge is 0.361 e. The fourth-order valence-electron chi connectivity index (χ4n) is 2.22. The van der Waals surface area contributed by atoms with E-state index in [9.17, 15) is 18.5 Å². The lowest BCUT2D eigenvalue weighted by molar-refractivity contribution is -0.384. The third-order valence-corrected chi connectivity index (χ3v) is 4.86. The Balaban J connectivity index is 1.76. The van der Waals surface area contributed by atoms with Gasteiger partial charge in [-0.15, -0.1) is 0 Å². The highest BCUT2D eigenvalue weighted by Crippen LogP contribution is 2.17. The van der Waals surface area contributed by atoms with Crippen LogP contribution in [0.4, 0.5) is 5.69 Å². The van der Waals surface area contributed by atoms with Crippen molar-refractivity contribution in [1.82, 2.24) is 9.71 Å². The van der Waals surface area contributed by atoms with Gasteiger partial charge in [-0.3, -0.25) is 10.1 Å². The average Bonchev–Trinajstić information content (AvgIpc) is 3.01. The van der Waals surface area contributed by atoms with Gasteiger partial charge >= 0.3 is 0 Å². The highest BCUT2D eigenvalue weighted by Gasteiger charge is 2.15. The van der Waals surface area contributed by atoms with E-state index >= 15 is 0 Å². The molecule has 2 N–H and O–H groups in total. The SMILES string of the molecule is O=[N+]([O-])c1ccc(S(=O)(=O)NCc2ccc3[nH]ccc3c2)cc1. The maximum atomic E-state index is 12.2. The summed E-state index contributed by atoms with van der Waals surface area (Å²) < 4.78 is 26.9. The zero-order valence-corrected chi connectivity index (χ0v) is 12.7. The van der Waals surface area contributed by atoms with Crippen LogP contribution in [0.2, 0.25) is 0 Å². The van der Waals surface area contributed by atoms with Crippen LogP contribution in [0.3, 0.4) is 0 Å². The highest BCUT2D eigenvalue weighted by atomic mass is 32.2. The van der Waals surface area contributed by atoms with Gasteiger partial charge < -0.3 is 4.98 Å². The Hall–Kier alpha value is -2.71. The predicted octanol–water partition coefficient (Wildman–Crippen LogP) is 2.55. The molecular formula is C15H13N3O4S. The summed E-state index contributed by atoms with van der Waals surface area (Å²) in [4.78, 5) is 13.1. The maximum Gasteiger partial charge on any atom is 0.269 e. The van der Waals surface area contributed by atoms with Gasteiger partial charge in [0.05, 0.1) is 9.82 Å². The molecule has 1 aromatic heterocycles. The third kappa shape index (κ3) is 3.22. The Labute approximate surface area is 132 Å². The smallest absolute Gasteiger partial charge is 0.269 e. The van der Waals surface area contributed by atoms with Gasteiger partial charge in [-0.05, 0) is 41.3 Å². The summed E-state index contributed by atoms with van der Waals surface area (Å²) in [5.74, 6) is 0. The van der Waals surface area contributed by atoms with E-state index in [0.717, 1.165) is 16.5 Å². The number of hydrogen-bond acceptors (Lipinski definition) is 4. The molecule has 0 saturated carbocycles. The Morgan fingerprint density at radius 2 is 1.83 bits per heavy atom. The first-order valence-corrected chi connectivity index (χ1v) is 8.24. The van der Waals surface area contributed by atoms with Crippen molar-refractivity contribution < 1.29 is 13.3 Å². The van der Waals surface area contributed by atoms with Crippen LogP contribution in [0.15, 0.2) is 59.6 Å². The van der Waals surface area contributed by atoms with E-state index in [1.165, 1.54) is 24.3 Å². The zero-order chi connectivity index (χ0) is 16.4. The molecule has 0 bridgehead atoms. The van der Waals surface area contributed by atoms with Crippen LogP contribution in [0.25, 0.3) is 10.9 Å². The number of H-pyrrole nitrogens is 1. The first kappa shape index (κ1) is 15.2. The van der Waals surface area contributed by atoms with E-state index < -0.39 is 14.9 Å². The van der Waals surface area contributed by atoms with Crippen LogP contribution >= 0.6 is 0 Å². The van der Waals surface area contributed by atoms with Gasteiger partial charge in [0.15, 0.2) is 0 Å². The van der Waals surface area contributed by atoms with Crippen LogP contribution in [0.5, 0.6) is 0 Å². The highest BCUT2D eigenvalue weighted by molar-refractivity contribution is 7.89. The summed E-state index contributed by atoms with van der Waals surface area (Å²) in [6, 6.07) is 12.3. The Bertz CT molecular complexity index is 962. The van der Waals surface area contributed by atoms with Crippen molar-refractivity contribution in [3.63, 3.8) is 0 Å². The van der Waals surface area contributed by atoms with Crippen molar-refractivity contribution in [2.24, 2.45) is 0 Å². The molecule has 0 amide bonds. The number of rotatable bonds is 5. The van der Waals surface area contributed by atoms with E-state index in [-0.39, 0.29) is 17.1 Å². The van der Waals surface area contributed by atoms with Gasteiger partial charge in [-0.25, -0.2) is 13.1 Å². The van der Waals surface area contributed by atoms with Crippen molar-refractivity contribution in [1.29, 1.82) is 0 Å². The molecule has 0 unspecified atom stereocenters. The number of nitrogens with one attached hydrogen (secondary N) is 2. The second kappa shape index (κ2) is 5.82. The molecule has 0 aliphatic heterocycles. The molecule has 0 atom stereocenters. The number of hydrogen-bond donors (Lipinski definition) is 2. The molecule has 2 aromatic carbocycles. The monoisotopic (exact) mass is 331 g/mol. The number of nitrogens with zero attached hydrogens (tertiary/aromatic N) is 1. The number of fused-ring (bicyclic) bond motifs is 1. The summed E-state index contributed by atoms with van der Waals surface area (Å²) in [5, 5.41) is 11.6. The van der Waals surface area contributed by atoms with Crippen molar-refractivity contribution in [3.05, 3.63) is 70.4 Å². The lowest BCUT2D eigenvalue weighted by Crippen LogP contribution is -2.23. The number of sulfonamides is 1. The summed E-state index contributed by atoms with van der Waals surface area (Å²) in [5.41, 5.74) is 1.65. The summed E-state index contributed by atoms with van der Waals surface area (Å²) >= 11 is 0. The molecule has 0 spiro atoms. The van der Waals surface area contributed by atoms with Gasteiger partial charge in [-0.2, -0.15) is 0 Å². The number of nitro benzene ring substituents is 1. The minimum Gasteiger partial charge on any atom is -0.361 e. The quantitative estimate of drug-likeness (QED) is 0.553. The van der Waals surface area contributed by atoms with Gasteiger partial charge in [-0.1, -0.05) is 6.07 Å². The van der Waals surface area contributed by atoms with Crippen LogP contribution in [0.1, 0.15) is 5.56 Å². The maximum absolute atomic E-state index is 12.2. The van der Waals surface area contributed by atoms with Gasteiger partial charge in [0, 0.05) is 30.4 Å². The predicted molar refractivity (Wildman–Crippen MR) is 85.4 cm³/mol. The van der Waals surface area contributed by atoms with E-state index in [4.69, 9.17) is 0 Å². The topological polar surface area (TPSA) is 105 Å². The van der Waals surface area contributed by atoms with Crippen molar-refractivity contribution in [3.8, 4) is 0 Å². The zero-order valence-electron chi connectivity index (χ0n) is 11.9. The lowest BCUT2D eigenvalue weighted by Gasteiger charge is -2.07. The van der Waals surface area contributed by atoms with Crippen LogP contribution in [-0.2, 0) is 16.6 Å². The summed E-state index contributed by atoms with van der Waals surface area (Å²) in [6.45, 7) is 0.139. The molecule has 3 rings (SSSR count). The lowest BCUT2D eigenvalue weighted by atomic mass is 10.1. The van der Waals surface area contributed by atoms with Crippen molar-refractivity contribution in [2.45, 2.75) is 11.4 Å². The van der Waals surface area contributed by atoms with Crippen LogP contribution < -0.4 is 4.72 Å². The first-order valence-electron chi connectivity index (χ1n) is 6.76. The molecule has 23 heavy (non-hydrogen) atoms. The molecule has 3 aromatic rings. The van der Waals surface area contributed by atoms with E-state index in [1.807, 2.05) is 30.5 Å². The number of nitro groups is 1. The number of benzene rings is 2. The molecule has 0 aliphatic rings. The van der Waals surface area contributed by atoms with Crippen molar-refractivity contribution in [2.75, 3.05) is 0 Å². The van der Waals surface area contributed by atoms with E-state index in [0.29, 0.717) is 0 Å². The summed E-state index contributed by atoms with van der Waals surface area (Å²) in [7, 11) is -3.72. The van der Waals surface area contributed by atoms with E-state index in [1.54, 1.807) is 0 Å². The Morgan fingerprint density at radius 1 is 1.09 bits per heavy atom. The average molecular weight is 331 g/mol. The van der Waals surface area contributed by atoms with Crippen molar-refractivity contribution >= 4 is 26.6 Å². The molecule has 0 aliphatic carbocycles. The van der Waals surface area contributed by atoms with Gasteiger partial charge in [0.1, 0.15) is 0 Å². The summed E-state index contributed by atoms with van der Waals surface area (Å²) in [6.07, 6.45) is 1.81. The molecular weight excluding hydrogens is 318 g/mol. The van der Waals surface area contributed by atoms with Gasteiger partial charge in [0.2, 0.25) is 10.0 Å². The second-order valence-electron chi connectivity index (χ2n) is 4.97. The molecule has 0 radical (unpaired) electrons. The number of aromatic amines is 1. The molecule has 0 saturated heterocycles. The van der Waals surface area contributed by atoms with Gasteiger partial charge in [0.25, 0.3) is 5.69 Å². The minimum absolute atomic E-state index is 0.00850. The number of aromatic nitrogens is 1.